The highest BCUT2D eigenvalue weighted by atomic mass is 35.5. The average molecular weight is 523 g/mol. The molecule has 0 saturated carbocycles. The van der Waals surface area contributed by atoms with Gasteiger partial charge in [-0.3, -0.25) is 9.59 Å². The highest BCUT2D eigenvalue weighted by molar-refractivity contribution is 7.99. The molecule has 0 spiro atoms. The van der Waals surface area contributed by atoms with Crippen LogP contribution >= 0.6 is 23.4 Å². The van der Waals surface area contributed by atoms with Crippen molar-refractivity contribution in [3.63, 3.8) is 0 Å². The van der Waals surface area contributed by atoms with Crippen LogP contribution in [0.2, 0.25) is 5.02 Å². The molecule has 3 aromatic rings. The van der Waals surface area contributed by atoms with E-state index in [1.54, 1.807) is 16.7 Å². The zero-order valence-corrected chi connectivity index (χ0v) is 22.8. The Balaban J connectivity index is 1.84. The van der Waals surface area contributed by atoms with Crippen LogP contribution in [0, 0.1) is 12.8 Å². The second-order valence-electron chi connectivity index (χ2n) is 9.44. The van der Waals surface area contributed by atoms with Gasteiger partial charge < -0.3 is 10.2 Å². The van der Waals surface area contributed by atoms with Crippen molar-refractivity contribution in [3.8, 4) is 0 Å². The summed E-state index contributed by atoms with van der Waals surface area (Å²) < 4.78 is 0. The summed E-state index contributed by atoms with van der Waals surface area (Å²) >= 11 is 8.03. The molecular weight excluding hydrogens is 488 g/mol. The number of benzene rings is 3. The lowest BCUT2D eigenvalue weighted by molar-refractivity contribution is -0.139. The van der Waals surface area contributed by atoms with Gasteiger partial charge >= 0.3 is 0 Å². The van der Waals surface area contributed by atoms with Crippen molar-refractivity contribution in [2.75, 3.05) is 12.3 Å². The molecule has 3 rings (SSSR count). The van der Waals surface area contributed by atoms with Crippen LogP contribution in [0.25, 0.3) is 0 Å². The molecule has 0 aromatic heterocycles. The van der Waals surface area contributed by atoms with Crippen LogP contribution in [0.3, 0.4) is 0 Å². The Morgan fingerprint density at radius 1 is 0.917 bits per heavy atom. The molecule has 0 bridgehead atoms. The summed E-state index contributed by atoms with van der Waals surface area (Å²) in [6.45, 7) is 7.00. The SMILES string of the molecule is Cc1ccc(CSCC(=O)N(Cc2ccccc2Cl)[C@@H](Cc2ccccc2)C(=O)NCC(C)C)cc1. The van der Waals surface area contributed by atoms with E-state index in [0.717, 1.165) is 16.9 Å². The highest BCUT2D eigenvalue weighted by Crippen LogP contribution is 2.22. The number of rotatable bonds is 12. The largest absolute Gasteiger partial charge is 0.354 e. The van der Waals surface area contributed by atoms with Crippen molar-refractivity contribution in [2.45, 2.75) is 45.5 Å². The van der Waals surface area contributed by atoms with Gasteiger partial charge in [-0.1, -0.05) is 104 Å². The first-order chi connectivity index (χ1) is 17.3. The fourth-order valence-corrected chi connectivity index (χ4v) is 4.88. The zero-order valence-electron chi connectivity index (χ0n) is 21.2. The minimum atomic E-state index is -0.644. The predicted octanol–water partition coefficient (Wildman–Crippen LogP) is 6.29. The number of nitrogens with one attached hydrogen (secondary N) is 1. The van der Waals surface area contributed by atoms with Gasteiger partial charge in [-0.05, 0) is 35.6 Å². The molecule has 0 aliphatic rings. The molecule has 0 aliphatic heterocycles. The van der Waals surface area contributed by atoms with Gasteiger partial charge in [-0.2, -0.15) is 0 Å². The molecule has 3 aromatic carbocycles. The Morgan fingerprint density at radius 2 is 1.58 bits per heavy atom. The fourth-order valence-electron chi connectivity index (χ4n) is 3.81. The number of carbonyl (C=O) groups is 2. The smallest absolute Gasteiger partial charge is 0.243 e. The molecule has 1 atom stereocenters. The van der Waals surface area contributed by atoms with E-state index in [1.165, 1.54) is 11.1 Å². The lowest BCUT2D eigenvalue weighted by Crippen LogP contribution is -2.51. The third-order valence-corrected chi connectivity index (χ3v) is 7.23. The Labute approximate surface area is 224 Å². The summed E-state index contributed by atoms with van der Waals surface area (Å²) in [5.74, 6) is 1.10. The van der Waals surface area contributed by atoms with E-state index in [4.69, 9.17) is 11.6 Å². The van der Waals surface area contributed by atoms with E-state index < -0.39 is 6.04 Å². The van der Waals surface area contributed by atoms with Crippen molar-refractivity contribution in [2.24, 2.45) is 5.92 Å². The molecule has 36 heavy (non-hydrogen) atoms. The Hall–Kier alpha value is -2.76. The van der Waals surface area contributed by atoms with Crippen molar-refractivity contribution < 1.29 is 9.59 Å². The maximum Gasteiger partial charge on any atom is 0.243 e. The molecule has 190 valence electrons. The summed E-state index contributed by atoms with van der Waals surface area (Å²) in [6.07, 6.45) is 0.434. The van der Waals surface area contributed by atoms with Crippen molar-refractivity contribution in [3.05, 3.63) is 106 Å². The number of amides is 2. The average Bonchev–Trinajstić information content (AvgIpc) is 2.87. The Bertz CT molecular complexity index is 1120. The second kappa shape index (κ2) is 14.1. The lowest BCUT2D eigenvalue weighted by atomic mass is 10.0. The summed E-state index contributed by atoms with van der Waals surface area (Å²) in [5, 5.41) is 3.64. The Morgan fingerprint density at radius 3 is 2.25 bits per heavy atom. The van der Waals surface area contributed by atoms with Gasteiger partial charge in [0.1, 0.15) is 6.04 Å². The molecular formula is C30H35ClN2O2S. The van der Waals surface area contributed by atoms with E-state index in [2.05, 4.69) is 50.4 Å². The lowest BCUT2D eigenvalue weighted by Gasteiger charge is -2.32. The Kier molecular flexibility index (Phi) is 10.9. The summed E-state index contributed by atoms with van der Waals surface area (Å²) in [6, 6.07) is 25.0. The zero-order chi connectivity index (χ0) is 25.9. The molecule has 4 nitrogen and oxygen atoms in total. The van der Waals surface area contributed by atoms with Crippen LogP contribution in [0.15, 0.2) is 78.9 Å². The number of thioether (sulfide) groups is 1. The van der Waals surface area contributed by atoms with Crippen LogP contribution in [-0.4, -0.2) is 35.1 Å². The second-order valence-corrected chi connectivity index (χ2v) is 10.8. The van der Waals surface area contributed by atoms with Gasteiger partial charge in [0.15, 0.2) is 0 Å². The van der Waals surface area contributed by atoms with Gasteiger partial charge in [0, 0.05) is 30.3 Å². The van der Waals surface area contributed by atoms with Gasteiger partial charge in [0.2, 0.25) is 11.8 Å². The minimum Gasteiger partial charge on any atom is -0.354 e. The number of aryl methyl sites for hydroxylation is 1. The third-order valence-electron chi connectivity index (χ3n) is 5.87. The van der Waals surface area contributed by atoms with Crippen LogP contribution in [-0.2, 0) is 28.3 Å². The minimum absolute atomic E-state index is 0.0762. The maximum atomic E-state index is 13.7. The molecule has 6 heteroatoms. The van der Waals surface area contributed by atoms with Crippen LogP contribution in [0.5, 0.6) is 0 Å². The van der Waals surface area contributed by atoms with Crippen molar-refractivity contribution in [1.29, 1.82) is 0 Å². The number of hydrogen-bond donors (Lipinski definition) is 1. The quantitative estimate of drug-likeness (QED) is 0.304. The molecule has 0 fully saturated rings. The molecule has 2 amide bonds. The first kappa shape index (κ1) is 27.8. The van der Waals surface area contributed by atoms with Gasteiger partial charge in [0.05, 0.1) is 5.75 Å². The number of halogens is 1. The van der Waals surface area contributed by atoms with E-state index >= 15 is 0 Å². The standard InChI is InChI=1S/C30H35ClN2O2S/c1-22(2)18-32-30(35)28(17-24-9-5-4-6-10-24)33(19-26-11-7-8-12-27(26)31)29(34)21-36-20-25-15-13-23(3)14-16-25/h4-16,22,28H,17-21H2,1-3H3,(H,32,35)/t28-/m0/s1. The monoisotopic (exact) mass is 522 g/mol. The first-order valence-electron chi connectivity index (χ1n) is 12.3. The van der Waals surface area contributed by atoms with Crippen LogP contribution in [0.4, 0.5) is 0 Å². The van der Waals surface area contributed by atoms with Gasteiger partial charge in [-0.25, -0.2) is 0 Å². The van der Waals surface area contributed by atoms with Gasteiger partial charge in [-0.15, -0.1) is 11.8 Å². The number of hydrogen-bond acceptors (Lipinski definition) is 3. The number of nitrogens with zero attached hydrogens (tertiary/aromatic N) is 1. The molecule has 1 N–H and O–H groups in total. The van der Waals surface area contributed by atoms with Crippen molar-refractivity contribution >= 4 is 35.2 Å². The maximum absolute atomic E-state index is 13.7. The van der Waals surface area contributed by atoms with E-state index in [-0.39, 0.29) is 24.1 Å². The number of carbonyl (C=O) groups excluding carboxylic acids is 2. The van der Waals surface area contributed by atoms with Crippen LogP contribution < -0.4 is 5.32 Å². The normalized spacial score (nSPS) is 11.8. The molecule has 0 saturated heterocycles. The van der Waals surface area contributed by atoms with E-state index in [9.17, 15) is 9.59 Å². The topological polar surface area (TPSA) is 49.4 Å². The molecule has 0 unspecified atom stereocenters. The highest BCUT2D eigenvalue weighted by Gasteiger charge is 2.30. The summed E-state index contributed by atoms with van der Waals surface area (Å²) in [7, 11) is 0. The van der Waals surface area contributed by atoms with Crippen LogP contribution in [0.1, 0.15) is 36.1 Å². The third kappa shape index (κ3) is 8.72. The summed E-state index contributed by atoms with van der Waals surface area (Å²) in [4.78, 5) is 28.8. The molecule has 0 radical (unpaired) electrons. The fraction of sp³-hybridized carbons (Fsp3) is 0.333. The van der Waals surface area contributed by atoms with Crippen molar-refractivity contribution in [1.82, 2.24) is 10.2 Å². The summed E-state index contributed by atoms with van der Waals surface area (Å²) in [5.41, 5.74) is 4.21. The van der Waals surface area contributed by atoms with E-state index in [0.29, 0.717) is 23.9 Å². The predicted molar refractivity (Wildman–Crippen MR) is 151 cm³/mol. The molecule has 0 aliphatic carbocycles. The molecule has 0 heterocycles. The van der Waals surface area contributed by atoms with Gasteiger partial charge in [0.25, 0.3) is 0 Å². The first-order valence-corrected chi connectivity index (χ1v) is 13.8. The van der Waals surface area contributed by atoms with E-state index in [1.807, 2.05) is 54.6 Å².